The van der Waals surface area contributed by atoms with Crippen molar-refractivity contribution in [3.8, 4) is 0 Å². The Morgan fingerprint density at radius 3 is 2.48 bits per heavy atom. The van der Waals surface area contributed by atoms with Crippen LogP contribution in [0.3, 0.4) is 0 Å². The molecule has 0 aliphatic rings. The van der Waals surface area contributed by atoms with E-state index in [-0.39, 0.29) is 5.56 Å². The average Bonchev–Trinajstić information content (AvgIpc) is 2.53. The number of hydrogen-bond donors (Lipinski definition) is 1. The van der Waals surface area contributed by atoms with Crippen LogP contribution in [0.4, 0.5) is 0 Å². The molecule has 0 fully saturated rings. The van der Waals surface area contributed by atoms with E-state index in [9.17, 15) is 9.90 Å². The third-order valence-corrected chi connectivity index (χ3v) is 3.17. The molecule has 102 valence electrons. The number of carboxylic acid groups (broad SMARTS) is 1. The summed E-state index contributed by atoms with van der Waals surface area (Å²) in [5.74, 6) is -0.947. The first-order valence-corrected chi connectivity index (χ1v) is 6.44. The zero-order valence-corrected chi connectivity index (χ0v) is 11.1. The highest BCUT2D eigenvalue weighted by atomic mass is 16.4. The first kappa shape index (κ1) is 13.0. The Balaban J connectivity index is 2.03. The molecule has 3 rings (SSSR count). The molecule has 1 aromatic carbocycles. The van der Waals surface area contributed by atoms with Gasteiger partial charge in [-0.2, -0.15) is 0 Å². The number of rotatable bonds is 3. The van der Waals surface area contributed by atoms with Crippen molar-refractivity contribution in [1.82, 2.24) is 9.97 Å². The molecule has 0 amide bonds. The van der Waals surface area contributed by atoms with Crippen molar-refractivity contribution in [2.45, 2.75) is 0 Å². The molecular formula is C17H12N2O2. The summed E-state index contributed by atoms with van der Waals surface area (Å²) in [5.41, 5.74) is 2.90. The van der Waals surface area contributed by atoms with Crippen molar-refractivity contribution in [1.29, 1.82) is 0 Å². The molecule has 0 spiro atoms. The highest BCUT2D eigenvalue weighted by Crippen LogP contribution is 2.20. The van der Waals surface area contributed by atoms with Gasteiger partial charge < -0.3 is 5.11 Å². The standard InChI is InChI=1S/C17H12N2O2/c20-17(21)14-7-10-19-16-4-3-13(11-15(14)16)2-1-12-5-8-18-9-6-12/h1-11H,(H,20,21). The van der Waals surface area contributed by atoms with Crippen LogP contribution >= 0.6 is 0 Å². The van der Waals surface area contributed by atoms with E-state index >= 15 is 0 Å². The van der Waals surface area contributed by atoms with E-state index in [0.29, 0.717) is 10.9 Å². The van der Waals surface area contributed by atoms with Gasteiger partial charge in [0.2, 0.25) is 0 Å². The zero-order chi connectivity index (χ0) is 14.7. The fourth-order valence-corrected chi connectivity index (χ4v) is 2.12. The third kappa shape index (κ3) is 2.79. The summed E-state index contributed by atoms with van der Waals surface area (Å²) in [6.07, 6.45) is 8.87. The van der Waals surface area contributed by atoms with Gasteiger partial charge in [-0.3, -0.25) is 9.97 Å². The molecule has 0 saturated heterocycles. The number of aromatic carboxylic acids is 1. The number of carbonyl (C=O) groups is 1. The first-order chi connectivity index (χ1) is 10.2. The summed E-state index contributed by atoms with van der Waals surface area (Å²) >= 11 is 0. The van der Waals surface area contributed by atoms with Crippen molar-refractivity contribution < 1.29 is 9.90 Å². The second-order valence-electron chi connectivity index (χ2n) is 4.55. The normalized spacial score (nSPS) is 11.0. The lowest BCUT2D eigenvalue weighted by molar-refractivity contribution is 0.0699. The van der Waals surface area contributed by atoms with Crippen LogP contribution < -0.4 is 0 Å². The number of carboxylic acids is 1. The molecule has 2 aromatic heterocycles. The van der Waals surface area contributed by atoms with Gasteiger partial charge in [-0.1, -0.05) is 18.2 Å². The van der Waals surface area contributed by atoms with Crippen molar-refractivity contribution in [2.75, 3.05) is 0 Å². The minimum Gasteiger partial charge on any atom is -0.478 e. The highest BCUT2D eigenvalue weighted by Gasteiger charge is 2.08. The van der Waals surface area contributed by atoms with Crippen molar-refractivity contribution in [3.63, 3.8) is 0 Å². The fourth-order valence-electron chi connectivity index (χ4n) is 2.12. The van der Waals surface area contributed by atoms with E-state index in [1.807, 2.05) is 42.5 Å². The Hall–Kier alpha value is -3.01. The van der Waals surface area contributed by atoms with Gasteiger partial charge in [0.05, 0.1) is 11.1 Å². The molecule has 2 heterocycles. The van der Waals surface area contributed by atoms with Crippen LogP contribution in [0.25, 0.3) is 23.1 Å². The van der Waals surface area contributed by atoms with Crippen LogP contribution in [-0.4, -0.2) is 21.0 Å². The van der Waals surface area contributed by atoms with E-state index < -0.39 is 5.97 Å². The second kappa shape index (κ2) is 5.54. The van der Waals surface area contributed by atoms with Crippen LogP contribution in [0.5, 0.6) is 0 Å². The Morgan fingerprint density at radius 2 is 1.71 bits per heavy atom. The summed E-state index contributed by atoms with van der Waals surface area (Å²) in [4.78, 5) is 19.4. The van der Waals surface area contributed by atoms with Gasteiger partial charge in [0.15, 0.2) is 0 Å². The predicted molar refractivity (Wildman–Crippen MR) is 81.9 cm³/mol. The second-order valence-corrected chi connectivity index (χ2v) is 4.55. The molecule has 1 N–H and O–H groups in total. The van der Waals surface area contributed by atoms with Gasteiger partial charge >= 0.3 is 5.97 Å². The van der Waals surface area contributed by atoms with Gasteiger partial charge in [0.1, 0.15) is 0 Å². The lowest BCUT2D eigenvalue weighted by Crippen LogP contribution is -1.98. The molecule has 0 atom stereocenters. The van der Waals surface area contributed by atoms with Crippen LogP contribution in [-0.2, 0) is 0 Å². The SMILES string of the molecule is O=C(O)c1ccnc2ccc(C=Cc3ccncc3)cc12. The molecular weight excluding hydrogens is 264 g/mol. The number of nitrogens with zero attached hydrogens (tertiary/aromatic N) is 2. The van der Waals surface area contributed by atoms with Gasteiger partial charge in [-0.05, 0) is 41.5 Å². The van der Waals surface area contributed by atoms with Gasteiger partial charge in [0.25, 0.3) is 0 Å². The van der Waals surface area contributed by atoms with E-state index in [1.54, 1.807) is 12.4 Å². The maximum atomic E-state index is 11.3. The van der Waals surface area contributed by atoms with Gasteiger partial charge in [-0.15, -0.1) is 0 Å². The van der Waals surface area contributed by atoms with E-state index in [4.69, 9.17) is 0 Å². The van der Waals surface area contributed by atoms with Crippen molar-refractivity contribution in [2.24, 2.45) is 0 Å². The van der Waals surface area contributed by atoms with E-state index in [1.165, 1.54) is 12.3 Å². The third-order valence-electron chi connectivity index (χ3n) is 3.17. The highest BCUT2D eigenvalue weighted by molar-refractivity contribution is 6.03. The monoisotopic (exact) mass is 276 g/mol. The minimum absolute atomic E-state index is 0.263. The molecule has 0 unspecified atom stereocenters. The average molecular weight is 276 g/mol. The molecule has 3 aromatic rings. The van der Waals surface area contributed by atoms with E-state index in [0.717, 1.165) is 11.1 Å². The maximum absolute atomic E-state index is 11.3. The Morgan fingerprint density at radius 1 is 0.952 bits per heavy atom. The summed E-state index contributed by atoms with van der Waals surface area (Å²) < 4.78 is 0. The maximum Gasteiger partial charge on any atom is 0.336 e. The quantitative estimate of drug-likeness (QED) is 0.795. The van der Waals surface area contributed by atoms with E-state index in [2.05, 4.69) is 9.97 Å². The number of fused-ring (bicyclic) bond motifs is 1. The number of aromatic nitrogens is 2. The van der Waals surface area contributed by atoms with Gasteiger partial charge in [-0.25, -0.2) is 4.79 Å². The Labute approximate surface area is 121 Å². The molecule has 0 radical (unpaired) electrons. The molecule has 0 aliphatic carbocycles. The Bertz CT molecular complexity index is 827. The zero-order valence-electron chi connectivity index (χ0n) is 11.1. The van der Waals surface area contributed by atoms with Crippen LogP contribution in [0, 0.1) is 0 Å². The molecule has 21 heavy (non-hydrogen) atoms. The number of benzene rings is 1. The molecule has 0 saturated carbocycles. The Kier molecular flexibility index (Phi) is 3.43. The van der Waals surface area contributed by atoms with Crippen LogP contribution in [0.1, 0.15) is 21.5 Å². The largest absolute Gasteiger partial charge is 0.478 e. The lowest BCUT2D eigenvalue weighted by Gasteiger charge is -2.03. The number of hydrogen-bond acceptors (Lipinski definition) is 3. The van der Waals surface area contributed by atoms with Crippen LogP contribution in [0.2, 0.25) is 0 Å². The first-order valence-electron chi connectivity index (χ1n) is 6.44. The van der Waals surface area contributed by atoms with Gasteiger partial charge in [0, 0.05) is 24.0 Å². The van der Waals surface area contributed by atoms with Crippen molar-refractivity contribution >= 4 is 29.0 Å². The molecule has 0 bridgehead atoms. The van der Waals surface area contributed by atoms with Crippen molar-refractivity contribution in [3.05, 3.63) is 71.7 Å². The lowest BCUT2D eigenvalue weighted by atomic mass is 10.1. The minimum atomic E-state index is -0.947. The fraction of sp³-hybridized carbons (Fsp3) is 0. The summed E-state index contributed by atoms with van der Waals surface area (Å²) in [6, 6.07) is 10.9. The summed E-state index contributed by atoms with van der Waals surface area (Å²) in [7, 11) is 0. The topological polar surface area (TPSA) is 63.1 Å². The van der Waals surface area contributed by atoms with Crippen LogP contribution in [0.15, 0.2) is 55.0 Å². The summed E-state index contributed by atoms with van der Waals surface area (Å²) in [6.45, 7) is 0. The smallest absolute Gasteiger partial charge is 0.336 e. The number of pyridine rings is 2. The summed E-state index contributed by atoms with van der Waals surface area (Å²) in [5, 5.41) is 9.87. The molecule has 4 nitrogen and oxygen atoms in total. The predicted octanol–water partition coefficient (Wildman–Crippen LogP) is 3.50. The molecule has 0 aliphatic heterocycles. The molecule has 4 heteroatoms.